The molecule has 1 saturated heterocycles. The standard InChI is InChI=1S/C18H22N4O4/c1-10(19-2)8-20-9-11-3-4-12-13(7-11)18(26)22(17(12)25)14-5-6-15(23)21-16(14)24/h3-4,7,10,14,19-20H,5-6,8-9H2,1-2H3,(H,21,23,24)/t10-,14?/m1/s1. The third-order valence-electron chi connectivity index (χ3n) is 4.78. The van der Waals surface area contributed by atoms with Gasteiger partial charge in [0.2, 0.25) is 11.8 Å². The van der Waals surface area contributed by atoms with Crippen molar-refractivity contribution in [3.63, 3.8) is 0 Å². The van der Waals surface area contributed by atoms with Crippen molar-refractivity contribution >= 4 is 23.6 Å². The molecular weight excluding hydrogens is 336 g/mol. The van der Waals surface area contributed by atoms with Gasteiger partial charge >= 0.3 is 0 Å². The van der Waals surface area contributed by atoms with Gasteiger partial charge in [-0.3, -0.25) is 29.4 Å². The Bertz CT molecular complexity index is 776. The summed E-state index contributed by atoms with van der Waals surface area (Å²) in [5.41, 5.74) is 1.49. The number of carbonyl (C=O) groups is 4. The van der Waals surface area contributed by atoms with E-state index in [2.05, 4.69) is 22.9 Å². The molecule has 0 saturated carbocycles. The first-order chi connectivity index (χ1) is 12.4. The normalized spacial score (nSPS) is 21.0. The number of piperidine rings is 1. The minimum Gasteiger partial charge on any atom is -0.316 e. The van der Waals surface area contributed by atoms with Crippen molar-refractivity contribution in [2.24, 2.45) is 0 Å². The highest BCUT2D eigenvalue weighted by molar-refractivity contribution is 6.23. The Morgan fingerprint density at radius 2 is 1.92 bits per heavy atom. The highest BCUT2D eigenvalue weighted by atomic mass is 16.2. The van der Waals surface area contributed by atoms with Crippen LogP contribution in [0.5, 0.6) is 0 Å². The van der Waals surface area contributed by atoms with Crippen molar-refractivity contribution in [3.8, 4) is 0 Å². The fourth-order valence-electron chi connectivity index (χ4n) is 3.16. The second-order valence-corrected chi connectivity index (χ2v) is 6.65. The van der Waals surface area contributed by atoms with E-state index in [4.69, 9.17) is 0 Å². The van der Waals surface area contributed by atoms with E-state index in [1.807, 2.05) is 7.05 Å². The number of nitrogens with zero attached hydrogens (tertiary/aromatic N) is 1. The van der Waals surface area contributed by atoms with Crippen LogP contribution in [-0.4, -0.2) is 54.2 Å². The average molecular weight is 358 g/mol. The molecule has 1 aromatic carbocycles. The van der Waals surface area contributed by atoms with Crippen LogP contribution in [0.2, 0.25) is 0 Å². The first kappa shape index (κ1) is 18.2. The Morgan fingerprint density at radius 3 is 2.62 bits per heavy atom. The molecule has 2 aliphatic rings. The van der Waals surface area contributed by atoms with E-state index in [1.54, 1.807) is 18.2 Å². The lowest BCUT2D eigenvalue weighted by molar-refractivity contribution is -0.136. The van der Waals surface area contributed by atoms with Crippen LogP contribution in [0.25, 0.3) is 0 Å². The van der Waals surface area contributed by atoms with Gasteiger partial charge in [-0.1, -0.05) is 6.07 Å². The van der Waals surface area contributed by atoms with E-state index < -0.39 is 23.8 Å². The number of fused-ring (bicyclic) bond motifs is 1. The lowest BCUT2D eigenvalue weighted by Crippen LogP contribution is -2.54. The number of carbonyl (C=O) groups excluding carboxylic acids is 4. The van der Waals surface area contributed by atoms with E-state index in [0.717, 1.165) is 17.0 Å². The monoisotopic (exact) mass is 358 g/mol. The van der Waals surface area contributed by atoms with Crippen molar-refractivity contribution in [2.75, 3.05) is 13.6 Å². The maximum atomic E-state index is 12.7. The fraction of sp³-hybridized carbons (Fsp3) is 0.444. The Hall–Kier alpha value is -2.58. The second kappa shape index (κ2) is 7.35. The Kier molecular flexibility index (Phi) is 5.15. The summed E-state index contributed by atoms with van der Waals surface area (Å²) in [6.45, 7) is 3.39. The molecule has 0 aliphatic carbocycles. The van der Waals surface area contributed by atoms with Crippen molar-refractivity contribution < 1.29 is 19.2 Å². The molecule has 1 unspecified atom stereocenters. The SMILES string of the molecule is CN[C@H](C)CNCc1ccc2c(c1)C(=O)N(C1CCC(=O)NC1=O)C2=O. The number of rotatable bonds is 6. The molecule has 8 heteroatoms. The van der Waals surface area contributed by atoms with Gasteiger partial charge in [0.05, 0.1) is 11.1 Å². The molecule has 138 valence electrons. The highest BCUT2D eigenvalue weighted by Gasteiger charge is 2.44. The molecule has 2 heterocycles. The van der Waals surface area contributed by atoms with Gasteiger partial charge in [-0.25, -0.2) is 0 Å². The predicted octanol–water partition coefficient (Wildman–Crippen LogP) is -0.215. The van der Waals surface area contributed by atoms with Crippen LogP contribution in [0.3, 0.4) is 0 Å². The van der Waals surface area contributed by atoms with Crippen LogP contribution in [-0.2, 0) is 16.1 Å². The summed E-state index contributed by atoms with van der Waals surface area (Å²) >= 11 is 0. The van der Waals surface area contributed by atoms with E-state index in [0.29, 0.717) is 23.7 Å². The predicted molar refractivity (Wildman–Crippen MR) is 93.3 cm³/mol. The number of hydrogen-bond acceptors (Lipinski definition) is 6. The number of likely N-dealkylation sites (N-methyl/N-ethyl adjacent to an activating group) is 1. The van der Waals surface area contributed by atoms with E-state index in [1.165, 1.54) is 0 Å². The number of benzene rings is 1. The second-order valence-electron chi connectivity index (χ2n) is 6.65. The number of nitrogens with one attached hydrogen (secondary N) is 3. The van der Waals surface area contributed by atoms with Crippen molar-refractivity contribution in [1.82, 2.24) is 20.9 Å². The van der Waals surface area contributed by atoms with E-state index in [9.17, 15) is 19.2 Å². The van der Waals surface area contributed by atoms with E-state index >= 15 is 0 Å². The maximum Gasteiger partial charge on any atom is 0.262 e. The number of imide groups is 2. The van der Waals surface area contributed by atoms with Gasteiger partial charge in [0.25, 0.3) is 11.8 Å². The van der Waals surface area contributed by atoms with Crippen LogP contribution >= 0.6 is 0 Å². The zero-order valence-electron chi connectivity index (χ0n) is 14.8. The summed E-state index contributed by atoms with van der Waals surface area (Å²) in [6.07, 6.45) is 0.273. The van der Waals surface area contributed by atoms with Gasteiger partial charge in [-0.2, -0.15) is 0 Å². The summed E-state index contributed by atoms with van der Waals surface area (Å²) in [4.78, 5) is 49.6. The van der Waals surface area contributed by atoms with Gasteiger partial charge in [0, 0.05) is 25.6 Å². The average Bonchev–Trinajstić information content (AvgIpc) is 2.86. The summed E-state index contributed by atoms with van der Waals surface area (Å²) in [6, 6.07) is 4.50. The quantitative estimate of drug-likeness (QED) is 0.607. The third kappa shape index (κ3) is 3.38. The third-order valence-corrected chi connectivity index (χ3v) is 4.78. The lowest BCUT2D eigenvalue weighted by Gasteiger charge is -2.27. The molecule has 4 amide bonds. The van der Waals surface area contributed by atoms with Crippen molar-refractivity contribution in [3.05, 3.63) is 34.9 Å². The highest BCUT2D eigenvalue weighted by Crippen LogP contribution is 2.28. The van der Waals surface area contributed by atoms with Crippen molar-refractivity contribution in [1.29, 1.82) is 0 Å². The first-order valence-corrected chi connectivity index (χ1v) is 8.65. The van der Waals surface area contributed by atoms with Gasteiger partial charge in [0.15, 0.2) is 0 Å². The Labute approximate surface area is 151 Å². The minimum atomic E-state index is -0.932. The molecule has 0 aromatic heterocycles. The Balaban J connectivity index is 1.75. The Morgan fingerprint density at radius 1 is 1.19 bits per heavy atom. The van der Waals surface area contributed by atoms with Gasteiger partial charge in [-0.15, -0.1) is 0 Å². The molecule has 0 bridgehead atoms. The summed E-state index contributed by atoms with van der Waals surface area (Å²) in [5.74, 6) is -1.95. The molecule has 3 N–H and O–H groups in total. The van der Waals surface area contributed by atoms with Crippen LogP contribution in [0.1, 0.15) is 46.0 Å². The minimum absolute atomic E-state index is 0.114. The molecule has 0 spiro atoms. The number of hydrogen-bond donors (Lipinski definition) is 3. The largest absolute Gasteiger partial charge is 0.316 e. The van der Waals surface area contributed by atoms with E-state index in [-0.39, 0.29) is 18.7 Å². The molecule has 1 fully saturated rings. The molecule has 1 aromatic rings. The topological polar surface area (TPSA) is 108 Å². The summed E-state index contributed by atoms with van der Waals surface area (Å²) in [5, 5.41) is 8.60. The molecule has 2 aliphatic heterocycles. The zero-order chi connectivity index (χ0) is 18.8. The van der Waals surface area contributed by atoms with Crippen molar-refractivity contribution in [2.45, 2.75) is 38.4 Å². The first-order valence-electron chi connectivity index (χ1n) is 8.65. The molecule has 0 radical (unpaired) electrons. The van der Waals surface area contributed by atoms with Gasteiger partial charge in [0.1, 0.15) is 6.04 Å². The smallest absolute Gasteiger partial charge is 0.262 e. The molecule has 8 nitrogen and oxygen atoms in total. The van der Waals surface area contributed by atoms with Crippen LogP contribution in [0, 0.1) is 0 Å². The van der Waals surface area contributed by atoms with Gasteiger partial charge < -0.3 is 10.6 Å². The molecular formula is C18H22N4O4. The molecule has 3 rings (SSSR count). The summed E-state index contributed by atoms with van der Waals surface area (Å²) in [7, 11) is 1.88. The lowest BCUT2D eigenvalue weighted by atomic mass is 10.0. The number of amides is 4. The summed E-state index contributed by atoms with van der Waals surface area (Å²) < 4.78 is 0. The van der Waals surface area contributed by atoms with Crippen LogP contribution in [0.15, 0.2) is 18.2 Å². The molecule has 26 heavy (non-hydrogen) atoms. The zero-order valence-corrected chi connectivity index (χ0v) is 14.8. The maximum absolute atomic E-state index is 12.7. The van der Waals surface area contributed by atoms with Gasteiger partial charge in [-0.05, 0) is 38.1 Å². The van der Waals surface area contributed by atoms with Crippen LogP contribution in [0.4, 0.5) is 0 Å². The fourth-order valence-corrected chi connectivity index (χ4v) is 3.16. The molecule has 2 atom stereocenters. The van der Waals surface area contributed by atoms with Crippen LogP contribution < -0.4 is 16.0 Å².